The number of hydrogen-bond acceptors (Lipinski definition) is 7. The molecule has 25 heavy (non-hydrogen) atoms. The van der Waals surface area contributed by atoms with E-state index in [1.807, 2.05) is 0 Å². The van der Waals surface area contributed by atoms with Crippen LogP contribution in [0.5, 0.6) is 5.75 Å². The van der Waals surface area contributed by atoms with Gasteiger partial charge in [-0.25, -0.2) is 9.89 Å². The molecule has 0 radical (unpaired) electrons. The normalized spacial score (nSPS) is 13.5. The fourth-order valence-electron chi connectivity index (χ4n) is 2.26. The molecule has 1 fully saturated rings. The molecular formula is C14H15N5O5S. The van der Waals surface area contributed by atoms with E-state index in [1.54, 1.807) is 0 Å². The fourth-order valence-corrected chi connectivity index (χ4v) is 3.07. The van der Waals surface area contributed by atoms with E-state index in [0.29, 0.717) is 10.9 Å². The zero-order valence-corrected chi connectivity index (χ0v) is 14.0. The quantitative estimate of drug-likeness (QED) is 0.432. The van der Waals surface area contributed by atoms with Crippen LogP contribution in [0.4, 0.5) is 11.4 Å². The van der Waals surface area contributed by atoms with Crippen molar-refractivity contribution in [3.8, 4) is 5.75 Å². The summed E-state index contributed by atoms with van der Waals surface area (Å²) in [6, 6.07) is 4.31. The molecule has 0 atom stereocenters. The van der Waals surface area contributed by atoms with Crippen molar-refractivity contribution in [2.45, 2.75) is 24.0 Å². The van der Waals surface area contributed by atoms with E-state index in [1.165, 1.54) is 29.9 Å². The molecule has 1 aromatic carbocycles. The first-order chi connectivity index (χ1) is 12.0. The van der Waals surface area contributed by atoms with Crippen molar-refractivity contribution in [2.24, 2.45) is 0 Å². The van der Waals surface area contributed by atoms with Crippen molar-refractivity contribution in [3.63, 3.8) is 0 Å². The van der Waals surface area contributed by atoms with Crippen molar-refractivity contribution in [1.82, 2.24) is 14.8 Å². The molecule has 2 N–H and O–H groups in total. The summed E-state index contributed by atoms with van der Waals surface area (Å²) in [6.45, 7) is 0. The molecule has 10 nitrogen and oxygen atoms in total. The second kappa shape index (κ2) is 6.97. The number of carbonyl (C=O) groups excluding carboxylic acids is 1. The van der Waals surface area contributed by atoms with Crippen molar-refractivity contribution >= 4 is 29.0 Å². The molecule has 132 valence electrons. The van der Waals surface area contributed by atoms with Crippen LogP contribution in [0.1, 0.15) is 18.9 Å². The number of carbonyl (C=O) groups is 1. The summed E-state index contributed by atoms with van der Waals surface area (Å²) in [7, 11) is 1.40. The molecule has 2 aromatic rings. The summed E-state index contributed by atoms with van der Waals surface area (Å²) in [5.74, 6) is -0.139. The number of benzene rings is 1. The smallest absolute Gasteiger partial charge is 0.344 e. The van der Waals surface area contributed by atoms with Crippen LogP contribution in [0, 0.1) is 10.1 Å². The van der Waals surface area contributed by atoms with Crippen molar-refractivity contribution in [3.05, 3.63) is 38.8 Å². The van der Waals surface area contributed by atoms with Gasteiger partial charge in [0, 0.05) is 6.04 Å². The lowest BCUT2D eigenvalue weighted by atomic mass is 10.2. The number of methoxy groups -OCH3 is 1. The molecular weight excluding hydrogens is 350 g/mol. The van der Waals surface area contributed by atoms with Gasteiger partial charge in [0.15, 0.2) is 5.16 Å². The molecule has 11 heteroatoms. The zero-order valence-electron chi connectivity index (χ0n) is 13.2. The number of aromatic nitrogens is 3. The number of thioether (sulfide) groups is 1. The Morgan fingerprint density at radius 2 is 2.32 bits per heavy atom. The average molecular weight is 365 g/mol. The average Bonchev–Trinajstić information content (AvgIpc) is 3.36. The SMILES string of the molecule is COc1ccc(NC(=O)CSc2n[nH]c(=O)n2C2CC2)c([N+](=O)[O-])c1. The van der Waals surface area contributed by atoms with Gasteiger partial charge in [0.25, 0.3) is 5.69 Å². The van der Waals surface area contributed by atoms with E-state index >= 15 is 0 Å². The third kappa shape index (κ3) is 3.82. The number of nitro groups is 1. The standard InChI is InChI=1S/C14H15N5O5S/c1-24-9-4-5-10(11(6-9)19(22)23)15-12(20)7-25-14-17-16-13(21)18(14)8-2-3-8/h4-6,8H,2-3,7H2,1H3,(H,15,20)(H,16,21). The first kappa shape index (κ1) is 17.0. The molecule has 0 spiro atoms. The Labute approximate surface area is 145 Å². The Balaban J connectivity index is 1.67. The molecule has 1 aliphatic carbocycles. The van der Waals surface area contributed by atoms with E-state index in [4.69, 9.17) is 4.74 Å². The molecule has 1 heterocycles. The van der Waals surface area contributed by atoms with Crippen LogP contribution < -0.4 is 15.7 Å². The summed E-state index contributed by atoms with van der Waals surface area (Å²) in [6.07, 6.45) is 1.83. The van der Waals surface area contributed by atoms with E-state index < -0.39 is 10.8 Å². The minimum absolute atomic E-state index is 0.0276. The highest BCUT2D eigenvalue weighted by Crippen LogP contribution is 2.36. The van der Waals surface area contributed by atoms with Gasteiger partial charge >= 0.3 is 5.69 Å². The molecule has 0 unspecified atom stereocenters. The van der Waals surface area contributed by atoms with Crippen LogP contribution in [0.3, 0.4) is 0 Å². The van der Waals surface area contributed by atoms with Gasteiger partial charge in [-0.05, 0) is 25.0 Å². The minimum atomic E-state index is -0.594. The Bertz CT molecular complexity index is 873. The fraction of sp³-hybridized carbons (Fsp3) is 0.357. The van der Waals surface area contributed by atoms with E-state index in [0.717, 1.165) is 24.6 Å². The number of ether oxygens (including phenoxy) is 1. The second-order valence-electron chi connectivity index (χ2n) is 5.39. The van der Waals surface area contributed by atoms with Gasteiger partial charge in [0.2, 0.25) is 5.91 Å². The molecule has 3 rings (SSSR count). The van der Waals surface area contributed by atoms with Crippen LogP contribution in [0.25, 0.3) is 0 Å². The number of aromatic amines is 1. The largest absolute Gasteiger partial charge is 0.496 e. The predicted octanol–water partition coefficient (Wildman–Crippen LogP) is 1.55. The highest BCUT2D eigenvalue weighted by molar-refractivity contribution is 7.99. The number of H-pyrrole nitrogens is 1. The summed E-state index contributed by atoms with van der Waals surface area (Å²) in [4.78, 5) is 34.3. The third-order valence-corrected chi connectivity index (χ3v) is 4.54. The summed E-state index contributed by atoms with van der Waals surface area (Å²) in [5, 5.41) is 20.3. The number of nitrogens with zero attached hydrogens (tertiary/aromatic N) is 3. The lowest BCUT2D eigenvalue weighted by Gasteiger charge is -2.07. The second-order valence-corrected chi connectivity index (χ2v) is 6.33. The van der Waals surface area contributed by atoms with Gasteiger partial charge in [-0.3, -0.25) is 19.5 Å². The molecule has 0 saturated heterocycles. The van der Waals surface area contributed by atoms with Crippen LogP contribution in [0.15, 0.2) is 28.2 Å². The molecule has 1 aromatic heterocycles. The van der Waals surface area contributed by atoms with Crippen LogP contribution in [-0.4, -0.2) is 38.5 Å². The maximum absolute atomic E-state index is 12.1. The molecule has 0 aliphatic heterocycles. The van der Waals surface area contributed by atoms with Crippen molar-refractivity contribution < 1.29 is 14.5 Å². The lowest BCUT2D eigenvalue weighted by Crippen LogP contribution is -2.18. The van der Waals surface area contributed by atoms with E-state index in [-0.39, 0.29) is 28.9 Å². The highest BCUT2D eigenvalue weighted by Gasteiger charge is 2.28. The first-order valence-corrected chi connectivity index (χ1v) is 8.40. The maximum Gasteiger partial charge on any atom is 0.344 e. The van der Waals surface area contributed by atoms with E-state index in [2.05, 4.69) is 15.5 Å². The number of anilines is 1. The van der Waals surface area contributed by atoms with Gasteiger partial charge in [0.1, 0.15) is 11.4 Å². The monoisotopic (exact) mass is 365 g/mol. The van der Waals surface area contributed by atoms with Gasteiger partial charge in [-0.2, -0.15) is 0 Å². The Morgan fingerprint density at radius 3 is 2.96 bits per heavy atom. The Hall–Kier alpha value is -2.82. The summed E-state index contributed by atoms with van der Waals surface area (Å²) >= 11 is 1.10. The number of nitrogens with one attached hydrogen (secondary N) is 2. The van der Waals surface area contributed by atoms with Crippen LogP contribution in [-0.2, 0) is 4.79 Å². The van der Waals surface area contributed by atoms with E-state index in [9.17, 15) is 19.7 Å². The molecule has 1 saturated carbocycles. The zero-order chi connectivity index (χ0) is 18.0. The van der Waals surface area contributed by atoms with Crippen LogP contribution >= 0.6 is 11.8 Å². The first-order valence-electron chi connectivity index (χ1n) is 7.41. The molecule has 0 bridgehead atoms. The number of rotatable bonds is 7. The number of hydrogen-bond donors (Lipinski definition) is 2. The topological polar surface area (TPSA) is 132 Å². The minimum Gasteiger partial charge on any atom is -0.496 e. The Kier molecular flexibility index (Phi) is 4.74. The molecule has 1 aliphatic rings. The number of nitro benzene ring substituents is 1. The van der Waals surface area contributed by atoms with Gasteiger partial charge in [-0.1, -0.05) is 11.8 Å². The summed E-state index contributed by atoms with van der Waals surface area (Å²) < 4.78 is 6.48. The van der Waals surface area contributed by atoms with Gasteiger partial charge in [-0.15, -0.1) is 5.10 Å². The molecule has 1 amide bonds. The van der Waals surface area contributed by atoms with Gasteiger partial charge in [0.05, 0.1) is 23.9 Å². The maximum atomic E-state index is 12.1. The Morgan fingerprint density at radius 1 is 1.56 bits per heavy atom. The van der Waals surface area contributed by atoms with Crippen molar-refractivity contribution in [2.75, 3.05) is 18.2 Å². The lowest BCUT2D eigenvalue weighted by molar-refractivity contribution is -0.384. The predicted molar refractivity (Wildman–Crippen MR) is 90.1 cm³/mol. The van der Waals surface area contributed by atoms with Crippen molar-refractivity contribution in [1.29, 1.82) is 0 Å². The van der Waals surface area contributed by atoms with Gasteiger partial charge < -0.3 is 10.1 Å². The van der Waals surface area contributed by atoms with Crippen LogP contribution in [0.2, 0.25) is 0 Å². The highest BCUT2D eigenvalue weighted by atomic mass is 32.2. The number of amides is 1. The third-order valence-electron chi connectivity index (χ3n) is 3.59. The summed E-state index contributed by atoms with van der Waals surface area (Å²) in [5.41, 5.74) is -0.471.